The Balaban J connectivity index is 1.59. The number of hydrogen-bond acceptors (Lipinski definition) is 5. The van der Waals surface area contributed by atoms with E-state index in [0.29, 0.717) is 19.4 Å². The summed E-state index contributed by atoms with van der Waals surface area (Å²) >= 11 is 0. The molecule has 6 heteroatoms. The van der Waals surface area contributed by atoms with E-state index in [1.165, 1.54) is 0 Å². The van der Waals surface area contributed by atoms with Crippen LogP contribution in [0.4, 0.5) is 0 Å². The van der Waals surface area contributed by atoms with Crippen molar-refractivity contribution < 1.29 is 28.8 Å². The van der Waals surface area contributed by atoms with Gasteiger partial charge in [-0.1, -0.05) is 25.5 Å². The zero-order valence-corrected chi connectivity index (χ0v) is 20.6. The van der Waals surface area contributed by atoms with Crippen molar-refractivity contribution in [1.82, 2.24) is 0 Å². The van der Waals surface area contributed by atoms with Crippen molar-refractivity contribution in [3.05, 3.63) is 53.6 Å². The van der Waals surface area contributed by atoms with Crippen molar-refractivity contribution in [3.8, 4) is 17.2 Å². The lowest BCUT2D eigenvalue weighted by Crippen LogP contribution is -2.52. The van der Waals surface area contributed by atoms with E-state index in [4.69, 9.17) is 18.9 Å². The molecule has 184 valence electrons. The molecule has 1 saturated heterocycles. The number of rotatable bonds is 9. The number of carbonyl (C=O) groups is 1. The van der Waals surface area contributed by atoms with Gasteiger partial charge in [-0.2, -0.15) is 0 Å². The monoisotopic (exact) mass is 468 g/mol. The molecule has 0 bridgehead atoms. The molecule has 2 aliphatic rings. The first-order chi connectivity index (χ1) is 16.3. The quantitative estimate of drug-likeness (QED) is 0.467. The van der Waals surface area contributed by atoms with Crippen molar-refractivity contribution in [3.63, 3.8) is 0 Å². The molecule has 0 aliphatic carbocycles. The Hall–Kier alpha value is -2.73. The average Bonchev–Trinajstić information content (AvgIpc) is 2.82. The van der Waals surface area contributed by atoms with E-state index in [0.717, 1.165) is 47.6 Å². The van der Waals surface area contributed by atoms with Gasteiger partial charge in [0.05, 0.1) is 31.8 Å². The van der Waals surface area contributed by atoms with Gasteiger partial charge in [-0.05, 0) is 75.4 Å². The maximum atomic E-state index is 12.2. The number of methoxy groups -OCH3 is 1. The van der Waals surface area contributed by atoms with Gasteiger partial charge in [-0.25, -0.2) is 0 Å². The molecule has 2 aromatic rings. The van der Waals surface area contributed by atoms with Gasteiger partial charge in [0.2, 0.25) is 0 Å². The largest absolute Gasteiger partial charge is 0.497 e. The third kappa shape index (κ3) is 5.17. The molecular weight excluding hydrogens is 432 g/mol. The molecule has 0 radical (unpaired) electrons. The normalized spacial score (nSPS) is 24.9. The van der Waals surface area contributed by atoms with Crippen LogP contribution in [0.15, 0.2) is 42.5 Å². The minimum Gasteiger partial charge on any atom is -0.497 e. The van der Waals surface area contributed by atoms with Crippen LogP contribution in [0.3, 0.4) is 0 Å². The van der Waals surface area contributed by atoms with Crippen molar-refractivity contribution in [2.24, 2.45) is 11.8 Å². The number of ether oxygens (including phenoxy) is 4. The summed E-state index contributed by atoms with van der Waals surface area (Å²) in [7, 11) is 1.65. The van der Waals surface area contributed by atoms with Gasteiger partial charge >= 0.3 is 5.97 Å². The summed E-state index contributed by atoms with van der Waals surface area (Å²) in [6, 6.07) is 13.8. The Labute approximate surface area is 202 Å². The number of fused-ring (bicyclic) bond motifs is 3. The lowest BCUT2D eigenvalue weighted by Gasteiger charge is -2.50. The van der Waals surface area contributed by atoms with Gasteiger partial charge in [0.25, 0.3) is 0 Å². The van der Waals surface area contributed by atoms with Gasteiger partial charge in [0, 0.05) is 11.5 Å². The smallest absolute Gasteiger partial charge is 0.309 e. The molecule has 0 saturated carbocycles. The third-order valence-electron chi connectivity index (χ3n) is 7.13. The minimum absolute atomic E-state index is 0.0694. The first kappa shape index (κ1) is 24.4. The third-order valence-corrected chi connectivity index (χ3v) is 7.13. The van der Waals surface area contributed by atoms with E-state index >= 15 is 0 Å². The highest BCUT2D eigenvalue weighted by atomic mass is 16.5. The zero-order chi connectivity index (χ0) is 24.3. The molecule has 34 heavy (non-hydrogen) atoms. The van der Waals surface area contributed by atoms with Crippen LogP contribution < -0.4 is 14.2 Å². The van der Waals surface area contributed by atoms with Gasteiger partial charge in [-0.3, -0.25) is 4.79 Å². The van der Waals surface area contributed by atoms with E-state index in [9.17, 15) is 9.90 Å². The van der Waals surface area contributed by atoms with Crippen LogP contribution in [0.5, 0.6) is 17.2 Å². The highest BCUT2D eigenvalue weighted by Crippen LogP contribution is 2.53. The molecular formula is C28H36O6. The molecule has 2 heterocycles. The summed E-state index contributed by atoms with van der Waals surface area (Å²) in [5.41, 5.74) is 1.52. The summed E-state index contributed by atoms with van der Waals surface area (Å²) in [6.45, 7) is 6.86. The molecule has 1 N–H and O–H groups in total. The molecule has 4 rings (SSSR count). The second kappa shape index (κ2) is 10.3. The van der Waals surface area contributed by atoms with E-state index in [1.807, 2.05) is 56.3 Å². The molecule has 2 aromatic carbocycles. The van der Waals surface area contributed by atoms with Crippen LogP contribution in [0, 0.1) is 11.8 Å². The van der Waals surface area contributed by atoms with Crippen molar-refractivity contribution in [1.29, 1.82) is 0 Å². The van der Waals surface area contributed by atoms with Gasteiger partial charge in [-0.15, -0.1) is 0 Å². The fourth-order valence-electron chi connectivity index (χ4n) is 5.16. The van der Waals surface area contributed by atoms with Crippen molar-refractivity contribution in [2.45, 2.75) is 70.7 Å². The lowest BCUT2D eigenvalue weighted by atomic mass is 9.71. The van der Waals surface area contributed by atoms with Crippen LogP contribution in [-0.4, -0.2) is 36.5 Å². The average molecular weight is 469 g/mol. The van der Waals surface area contributed by atoms with Crippen LogP contribution in [-0.2, 0) is 16.0 Å². The molecule has 4 atom stereocenters. The van der Waals surface area contributed by atoms with E-state index < -0.39 is 23.6 Å². The number of carboxylic acids is 1. The molecule has 0 amide bonds. The molecule has 1 fully saturated rings. The fraction of sp³-hybridized carbons (Fsp3) is 0.536. The highest BCUT2D eigenvalue weighted by molar-refractivity contribution is 5.71. The lowest BCUT2D eigenvalue weighted by molar-refractivity contribution is -0.188. The topological polar surface area (TPSA) is 74.2 Å². The molecule has 0 unspecified atom stereocenters. The number of benzene rings is 2. The summed E-state index contributed by atoms with van der Waals surface area (Å²) in [5, 5.41) is 10.0. The molecule has 6 nitrogen and oxygen atoms in total. The minimum atomic E-state index is -0.813. The summed E-state index contributed by atoms with van der Waals surface area (Å²) < 4.78 is 24.3. The number of aliphatic carboxylic acids is 1. The maximum Gasteiger partial charge on any atom is 0.309 e. The van der Waals surface area contributed by atoms with Crippen LogP contribution in [0.1, 0.15) is 63.7 Å². The van der Waals surface area contributed by atoms with Crippen LogP contribution >= 0.6 is 0 Å². The maximum absolute atomic E-state index is 12.2. The van der Waals surface area contributed by atoms with Gasteiger partial charge in [0.1, 0.15) is 22.8 Å². The second-order valence-corrected chi connectivity index (χ2v) is 9.88. The summed E-state index contributed by atoms with van der Waals surface area (Å²) in [4.78, 5) is 12.2. The fourth-order valence-corrected chi connectivity index (χ4v) is 5.16. The first-order valence-electron chi connectivity index (χ1n) is 12.3. The standard InChI is InChI=1S/C28H36O6/c1-5-6-14-32-20-11-13-25-21(16-20)26-23(28(2,3)34-25)17-22(27(29)30)24(33-26)12-10-18-8-7-9-19(15-18)31-4/h7-9,11,13,15-16,22-24,26H,5-6,10,12,14,17H2,1-4H3,(H,29,30)/t22-,23-,24-,26+/m0/s1. The van der Waals surface area contributed by atoms with Crippen LogP contribution in [0.2, 0.25) is 0 Å². The molecule has 0 spiro atoms. The van der Waals surface area contributed by atoms with Crippen molar-refractivity contribution in [2.75, 3.05) is 13.7 Å². The highest BCUT2D eigenvalue weighted by Gasteiger charge is 2.52. The number of carboxylic acid groups (broad SMARTS) is 1. The second-order valence-electron chi connectivity index (χ2n) is 9.88. The van der Waals surface area contributed by atoms with Crippen molar-refractivity contribution >= 4 is 5.97 Å². The molecule has 2 aliphatic heterocycles. The van der Waals surface area contributed by atoms with Gasteiger partial charge < -0.3 is 24.1 Å². The van der Waals surface area contributed by atoms with E-state index in [1.54, 1.807) is 7.11 Å². The zero-order valence-electron chi connectivity index (χ0n) is 20.6. The molecule has 0 aromatic heterocycles. The van der Waals surface area contributed by atoms with E-state index in [2.05, 4.69) is 6.92 Å². The Morgan fingerprint density at radius 1 is 1.18 bits per heavy atom. The summed E-state index contributed by atoms with van der Waals surface area (Å²) in [6.07, 6.45) is 3.29. The predicted octanol–water partition coefficient (Wildman–Crippen LogP) is 5.82. The number of aryl methyl sites for hydroxylation is 1. The van der Waals surface area contributed by atoms with E-state index in [-0.39, 0.29) is 12.0 Å². The Morgan fingerprint density at radius 2 is 2.00 bits per heavy atom. The number of unbranched alkanes of at least 4 members (excludes halogenated alkanes) is 1. The Morgan fingerprint density at radius 3 is 2.74 bits per heavy atom. The van der Waals surface area contributed by atoms with Crippen LogP contribution in [0.25, 0.3) is 0 Å². The Kier molecular flexibility index (Phi) is 7.36. The summed E-state index contributed by atoms with van der Waals surface area (Å²) in [5.74, 6) is 0.917. The number of hydrogen-bond donors (Lipinski definition) is 1. The SMILES string of the molecule is CCCCOc1ccc2c(c1)[C@H]1O[C@@H](CCc3cccc(OC)c3)[C@@H](C(=O)O)C[C@@H]1C(C)(C)O2. The predicted molar refractivity (Wildman–Crippen MR) is 130 cm³/mol. The van der Waals surface area contributed by atoms with Gasteiger partial charge in [0.15, 0.2) is 0 Å². The first-order valence-corrected chi connectivity index (χ1v) is 12.3. The Bertz CT molecular complexity index is 1000.